The fraction of sp³-hybridized carbons (Fsp3) is 0.125. The van der Waals surface area contributed by atoms with E-state index in [1.807, 2.05) is 24.3 Å². The first-order chi connectivity index (χ1) is 12.3. The van der Waals surface area contributed by atoms with Crippen LogP contribution in [0.15, 0.2) is 36.0 Å². The Balaban J connectivity index is 1.73. The van der Waals surface area contributed by atoms with Crippen molar-refractivity contribution in [3.63, 3.8) is 0 Å². The maximum absolute atomic E-state index is 7.54. The molecule has 4 heterocycles. The van der Waals surface area contributed by atoms with Crippen LogP contribution in [-0.4, -0.2) is 43.2 Å². The number of allylic oxidation sites excluding steroid dienone is 1. The summed E-state index contributed by atoms with van der Waals surface area (Å²) in [4.78, 5) is 14.4. The molecular formula is C16H14N8S. The topological polar surface area (TPSA) is 105 Å². The predicted molar refractivity (Wildman–Crippen MR) is 97.7 cm³/mol. The van der Waals surface area contributed by atoms with Gasteiger partial charge in [-0.05, 0) is 24.3 Å². The number of aromatic nitrogens is 6. The number of hydrogen-bond donors (Lipinski definition) is 2. The Labute approximate surface area is 146 Å². The quantitative estimate of drug-likeness (QED) is 0.534. The number of nitrogens with zero attached hydrogens (tertiary/aromatic N) is 6. The van der Waals surface area contributed by atoms with Crippen LogP contribution in [0.3, 0.4) is 0 Å². The molecule has 4 aromatic heterocycles. The van der Waals surface area contributed by atoms with E-state index < -0.39 is 0 Å². The summed E-state index contributed by atoms with van der Waals surface area (Å²) in [6.07, 6.45) is 2.99. The summed E-state index contributed by atoms with van der Waals surface area (Å²) in [7, 11) is 1.79. The van der Waals surface area contributed by atoms with Crippen LogP contribution < -0.4 is 5.32 Å². The van der Waals surface area contributed by atoms with Gasteiger partial charge in [0.05, 0.1) is 29.0 Å². The minimum absolute atomic E-state index is 0.469. The molecule has 0 aliphatic carbocycles. The van der Waals surface area contributed by atoms with Gasteiger partial charge in [0.15, 0.2) is 5.65 Å². The van der Waals surface area contributed by atoms with Crippen molar-refractivity contribution in [3.8, 4) is 0 Å². The second-order valence-corrected chi connectivity index (χ2v) is 6.13. The Hall–Kier alpha value is -3.20. The fourth-order valence-corrected chi connectivity index (χ4v) is 3.17. The highest BCUT2D eigenvalue weighted by atomic mass is 32.1. The van der Waals surface area contributed by atoms with Crippen LogP contribution in [-0.2, 0) is 6.54 Å². The van der Waals surface area contributed by atoms with Crippen molar-refractivity contribution in [3.05, 3.63) is 47.4 Å². The fourth-order valence-electron chi connectivity index (χ4n) is 2.50. The Kier molecular flexibility index (Phi) is 3.90. The lowest BCUT2D eigenvalue weighted by Gasteiger charge is -2.04. The first-order valence-corrected chi connectivity index (χ1v) is 8.44. The molecule has 0 atom stereocenters. The van der Waals surface area contributed by atoms with Crippen molar-refractivity contribution in [2.75, 3.05) is 7.05 Å². The molecule has 0 bridgehead atoms. The van der Waals surface area contributed by atoms with E-state index in [0.717, 1.165) is 16.0 Å². The van der Waals surface area contributed by atoms with E-state index in [-0.39, 0.29) is 0 Å². The Bertz CT molecular complexity index is 1090. The van der Waals surface area contributed by atoms with Gasteiger partial charge in [0, 0.05) is 25.0 Å². The lowest BCUT2D eigenvalue weighted by atomic mass is 10.2. The van der Waals surface area contributed by atoms with Crippen molar-refractivity contribution in [2.45, 2.75) is 6.54 Å². The van der Waals surface area contributed by atoms with Crippen molar-refractivity contribution >= 4 is 44.6 Å². The molecule has 25 heavy (non-hydrogen) atoms. The van der Waals surface area contributed by atoms with Gasteiger partial charge in [0.2, 0.25) is 0 Å². The molecule has 9 heteroatoms. The molecule has 4 aromatic rings. The van der Waals surface area contributed by atoms with Gasteiger partial charge in [0.1, 0.15) is 10.3 Å². The van der Waals surface area contributed by atoms with Gasteiger partial charge in [0.25, 0.3) is 0 Å². The van der Waals surface area contributed by atoms with Gasteiger partial charge in [-0.2, -0.15) is 0 Å². The summed E-state index contributed by atoms with van der Waals surface area (Å²) in [6.45, 7) is 0.469. The van der Waals surface area contributed by atoms with Crippen LogP contribution >= 0.6 is 11.3 Å². The van der Waals surface area contributed by atoms with Gasteiger partial charge < -0.3 is 10.7 Å². The van der Waals surface area contributed by atoms with Gasteiger partial charge in [-0.15, -0.1) is 16.4 Å². The molecule has 4 rings (SSSR count). The van der Waals surface area contributed by atoms with E-state index >= 15 is 0 Å². The third kappa shape index (κ3) is 2.85. The van der Waals surface area contributed by atoms with Crippen LogP contribution in [0.25, 0.3) is 27.1 Å². The van der Waals surface area contributed by atoms with Gasteiger partial charge in [-0.3, -0.25) is 0 Å². The number of pyridine rings is 2. The highest BCUT2D eigenvalue weighted by molar-refractivity contribution is 7.16. The van der Waals surface area contributed by atoms with Gasteiger partial charge in [-0.25, -0.2) is 19.6 Å². The third-order valence-electron chi connectivity index (χ3n) is 3.68. The van der Waals surface area contributed by atoms with E-state index in [1.165, 1.54) is 17.6 Å². The van der Waals surface area contributed by atoms with Crippen molar-refractivity contribution in [2.24, 2.45) is 0 Å². The Morgan fingerprint density at radius 2 is 2.12 bits per heavy atom. The highest BCUT2D eigenvalue weighted by Gasteiger charge is 2.11. The van der Waals surface area contributed by atoms with Crippen molar-refractivity contribution < 1.29 is 0 Å². The van der Waals surface area contributed by atoms with Crippen LogP contribution in [0.1, 0.15) is 11.4 Å². The molecule has 0 spiro atoms. The highest BCUT2D eigenvalue weighted by Crippen LogP contribution is 2.18. The number of fused-ring (bicyclic) bond motifs is 2. The second-order valence-electron chi connectivity index (χ2n) is 5.30. The average molecular weight is 350 g/mol. The van der Waals surface area contributed by atoms with Crippen LogP contribution in [0.5, 0.6) is 0 Å². The van der Waals surface area contributed by atoms with Crippen LogP contribution in [0.2, 0.25) is 0 Å². The molecule has 0 radical (unpaired) electrons. The first-order valence-electron chi connectivity index (χ1n) is 7.56. The number of nitrogens with one attached hydrogen (secondary N) is 2. The smallest absolute Gasteiger partial charge is 0.179 e. The maximum Gasteiger partial charge on any atom is 0.179 e. The Morgan fingerprint density at radius 1 is 1.24 bits per heavy atom. The number of hydrogen-bond acceptors (Lipinski definition) is 8. The average Bonchev–Trinajstić information content (AvgIpc) is 3.26. The third-order valence-corrected chi connectivity index (χ3v) is 4.41. The lowest BCUT2D eigenvalue weighted by molar-refractivity contribution is 0.654. The SMILES string of the molecule is CN/C=C(\C=N)c1ccc2nnn(Cc3ccc4ncsc4n3)c2n1. The second kappa shape index (κ2) is 6.36. The molecule has 8 nitrogen and oxygen atoms in total. The first kappa shape index (κ1) is 15.3. The standard InChI is InChI=1S/C16H14N8S/c1-18-7-10(6-17)12-4-5-13-15(21-12)24(23-22-13)8-11-2-3-14-16(20-11)25-9-19-14/h2-7,9,17-18H,8H2,1H3/b10-7+,17-6?. The molecule has 0 unspecified atom stereocenters. The van der Waals surface area contributed by atoms with Crippen molar-refractivity contribution in [1.29, 1.82) is 5.41 Å². The molecule has 124 valence electrons. The molecule has 0 saturated carbocycles. The zero-order valence-electron chi connectivity index (χ0n) is 13.3. The van der Waals surface area contributed by atoms with Crippen LogP contribution in [0.4, 0.5) is 0 Å². The van der Waals surface area contributed by atoms with Gasteiger partial charge >= 0.3 is 0 Å². The van der Waals surface area contributed by atoms with Crippen molar-refractivity contribution in [1.82, 2.24) is 35.3 Å². The summed E-state index contributed by atoms with van der Waals surface area (Å²) in [5.74, 6) is 0. The molecule has 0 aromatic carbocycles. The molecular weight excluding hydrogens is 336 g/mol. The normalized spacial score (nSPS) is 12.0. The summed E-state index contributed by atoms with van der Waals surface area (Å²) in [6, 6.07) is 7.57. The van der Waals surface area contributed by atoms with E-state index in [1.54, 1.807) is 23.4 Å². The summed E-state index contributed by atoms with van der Waals surface area (Å²) in [5, 5.41) is 18.8. The molecule has 0 saturated heterocycles. The van der Waals surface area contributed by atoms with E-state index in [2.05, 4.69) is 30.6 Å². The maximum atomic E-state index is 7.54. The molecule has 0 amide bonds. The zero-order chi connectivity index (χ0) is 17.2. The summed E-state index contributed by atoms with van der Waals surface area (Å²) in [5.41, 5.74) is 6.28. The largest absolute Gasteiger partial charge is 0.393 e. The molecule has 2 N–H and O–H groups in total. The monoisotopic (exact) mass is 350 g/mol. The number of thiazole rings is 1. The predicted octanol–water partition coefficient (Wildman–Crippen LogP) is 2.09. The zero-order valence-corrected chi connectivity index (χ0v) is 14.2. The van der Waals surface area contributed by atoms with Crippen LogP contribution in [0, 0.1) is 5.41 Å². The number of rotatable bonds is 5. The molecule has 0 aliphatic heterocycles. The lowest BCUT2D eigenvalue weighted by Crippen LogP contribution is -2.05. The van der Waals surface area contributed by atoms with E-state index in [0.29, 0.717) is 29.0 Å². The van der Waals surface area contributed by atoms with E-state index in [4.69, 9.17) is 5.41 Å². The summed E-state index contributed by atoms with van der Waals surface area (Å²) >= 11 is 1.51. The minimum atomic E-state index is 0.469. The Morgan fingerprint density at radius 3 is 2.96 bits per heavy atom. The molecule has 0 aliphatic rings. The van der Waals surface area contributed by atoms with E-state index in [9.17, 15) is 0 Å². The molecule has 0 fully saturated rings. The van der Waals surface area contributed by atoms with Gasteiger partial charge in [-0.1, -0.05) is 5.21 Å². The minimum Gasteiger partial charge on any atom is -0.393 e. The summed E-state index contributed by atoms with van der Waals surface area (Å²) < 4.78 is 1.72.